The molecule has 0 aromatic carbocycles. The molecule has 0 aliphatic rings. The van der Waals surface area contributed by atoms with Crippen LogP contribution in [-0.4, -0.2) is 55.9 Å². The predicted molar refractivity (Wildman–Crippen MR) is 235 cm³/mol. The van der Waals surface area contributed by atoms with Crippen molar-refractivity contribution >= 4 is 21.5 Å². The van der Waals surface area contributed by atoms with Crippen LogP contribution in [0.3, 0.4) is 0 Å². The molecule has 0 rings (SSSR count). The quantitative estimate of drug-likeness (QED) is 0.0461. The van der Waals surface area contributed by atoms with Crippen LogP contribution in [0.4, 0.5) is 0 Å². The van der Waals surface area contributed by atoms with E-state index in [-0.39, 0.29) is 0 Å². The Morgan fingerprint density at radius 3 is 0.680 bits per heavy atom. The summed E-state index contributed by atoms with van der Waals surface area (Å²) in [6.07, 6.45) is 38.5. The van der Waals surface area contributed by atoms with Crippen molar-refractivity contribution in [3.05, 3.63) is 0 Å². The Kier molecular flexibility index (Phi) is 29.9. The van der Waals surface area contributed by atoms with Crippen LogP contribution < -0.4 is 0 Å². The van der Waals surface area contributed by atoms with Crippen molar-refractivity contribution in [2.75, 3.05) is 55.9 Å². The first-order valence-corrected chi connectivity index (χ1v) is 30.0. The fourth-order valence-electron chi connectivity index (χ4n) is 8.59. The van der Waals surface area contributed by atoms with Gasteiger partial charge in [0.2, 0.25) is 0 Å². The third-order valence-corrected chi connectivity index (χ3v) is 29.1. The molecule has 0 bridgehead atoms. The molecule has 0 aliphatic heterocycles. The van der Waals surface area contributed by atoms with Crippen molar-refractivity contribution < 1.29 is 17.7 Å². The normalized spacial score (nSPS) is 15.4. The third kappa shape index (κ3) is 19.5. The second-order valence-corrected chi connectivity index (χ2v) is 30.1. The molecule has 0 aromatic heterocycles. The van der Waals surface area contributed by atoms with Crippen LogP contribution in [-0.2, 0) is 17.7 Å². The van der Waals surface area contributed by atoms with Crippen molar-refractivity contribution in [3.63, 3.8) is 0 Å². The van der Waals surface area contributed by atoms with Gasteiger partial charge in [0.25, 0.3) is 0 Å². The van der Waals surface area contributed by atoms with Gasteiger partial charge in [-0.2, -0.15) is 0 Å². The Labute approximate surface area is 316 Å². The van der Waals surface area contributed by atoms with Crippen LogP contribution in [0.25, 0.3) is 0 Å². The van der Waals surface area contributed by atoms with Crippen LogP contribution >= 0.6 is 21.5 Å². The Bertz CT molecular complexity index is 672. The number of rotatable bonds is 39. The van der Waals surface area contributed by atoms with Crippen LogP contribution in [0.15, 0.2) is 0 Å². The zero-order chi connectivity index (χ0) is 37.6. The molecule has 0 amide bonds. The van der Waals surface area contributed by atoms with Gasteiger partial charge in [-0.3, -0.25) is 0 Å². The minimum absolute atomic E-state index is 0.456. The van der Waals surface area contributed by atoms with E-state index >= 15 is 4.57 Å². The molecule has 306 valence electrons. The van der Waals surface area contributed by atoms with Crippen molar-refractivity contribution in [1.29, 1.82) is 0 Å². The van der Waals surface area contributed by atoms with Crippen LogP contribution in [0.1, 0.15) is 223 Å². The molecular weight excluding hydrogens is 673 g/mol. The Morgan fingerprint density at radius 2 is 0.520 bits per heavy atom. The molecular formula is C43H95O4P3. The molecule has 4 nitrogen and oxygen atoms in total. The van der Waals surface area contributed by atoms with Crippen molar-refractivity contribution in [2.24, 2.45) is 0 Å². The predicted octanol–water partition coefficient (Wildman–Crippen LogP) is 17.0. The summed E-state index contributed by atoms with van der Waals surface area (Å²) in [5.41, 5.74) is 0. The van der Waals surface area contributed by atoms with Gasteiger partial charge in [0.1, 0.15) is 0 Å². The van der Waals surface area contributed by atoms with Crippen LogP contribution in [0.5, 0.6) is 0 Å². The first-order valence-electron chi connectivity index (χ1n) is 22.8. The molecule has 7 heteroatoms. The third-order valence-electron chi connectivity index (χ3n) is 11.7. The summed E-state index contributed by atoms with van der Waals surface area (Å²) in [4.78, 5) is 0. The first kappa shape index (κ1) is 51.0. The molecule has 0 saturated heterocycles. The zero-order valence-corrected chi connectivity index (χ0v) is 38.7. The van der Waals surface area contributed by atoms with Crippen LogP contribution in [0, 0.1) is 0 Å². The summed E-state index contributed by atoms with van der Waals surface area (Å²) in [6, 6.07) is 0. The fraction of sp³-hybridized carbons (Fsp3) is 1.00. The molecule has 0 atom stereocenters. The molecule has 0 fully saturated rings. The van der Waals surface area contributed by atoms with Gasteiger partial charge in [-0.15, -0.1) is 0 Å². The van der Waals surface area contributed by atoms with E-state index in [2.05, 4.69) is 62.3 Å². The van der Waals surface area contributed by atoms with E-state index in [1.165, 1.54) is 154 Å². The summed E-state index contributed by atoms with van der Waals surface area (Å²) >= 11 is 0. The van der Waals surface area contributed by atoms with Gasteiger partial charge in [-0.25, -0.2) is 0 Å². The monoisotopic (exact) mass is 769 g/mol. The van der Waals surface area contributed by atoms with Gasteiger partial charge in [-0.05, 0) is 0 Å². The van der Waals surface area contributed by atoms with E-state index in [1.807, 2.05) is 0 Å². The van der Waals surface area contributed by atoms with Gasteiger partial charge < -0.3 is 0 Å². The molecule has 0 N–H and O–H groups in total. The second kappa shape index (κ2) is 29.3. The number of phosphoric acid groups is 1. The second-order valence-electron chi connectivity index (χ2n) is 16.6. The Morgan fingerprint density at radius 1 is 0.320 bits per heavy atom. The van der Waals surface area contributed by atoms with Gasteiger partial charge in [0.15, 0.2) is 0 Å². The SMILES string of the molecule is CCCCCP(CCCCC)(CCCCC)(CCCCC)OP(=O)(OCCC)OP(CCCCC)(CCCCC)(CCCCC)CCCCC. The van der Waals surface area contributed by atoms with Gasteiger partial charge in [0, 0.05) is 0 Å². The summed E-state index contributed by atoms with van der Waals surface area (Å²) in [6.45, 7) is 15.2. The van der Waals surface area contributed by atoms with E-state index in [0.717, 1.165) is 55.7 Å². The Hall–Kier alpha value is 0.970. The molecule has 0 heterocycles. The van der Waals surface area contributed by atoms with Crippen molar-refractivity contribution in [2.45, 2.75) is 223 Å². The standard InChI is InChI=1S/C43H95O4P3/c1-10-19-27-36-49(37-28-20-11-2,38-29-21-12-3,39-30-22-13-4)46-48(44,45-35-18-9)47-50(40-31-23-14-5,41-32-24-15-6,42-33-25-16-7)43-34-26-17-8/h10-43H2,1-9H3. The van der Waals surface area contributed by atoms with Gasteiger partial charge in [0.05, 0.1) is 0 Å². The zero-order valence-electron chi connectivity index (χ0n) is 36.0. The molecule has 0 spiro atoms. The van der Waals surface area contributed by atoms with Gasteiger partial charge in [-0.1, -0.05) is 0 Å². The molecule has 0 aliphatic carbocycles. The molecule has 0 unspecified atom stereocenters. The number of hydrogen-bond donors (Lipinski definition) is 0. The average molecular weight is 769 g/mol. The summed E-state index contributed by atoms with van der Waals surface area (Å²) in [5.74, 6) is 0. The summed E-state index contributed by atoms with van der Waals surface area (Å²) in [7, 11) is -3.88. The topological polar surface area (TPSA) is 44.8 Å². The van der Waals surface area contributed by atoms with Crippen molar-refractivity contribution in [1.82, 2.24) is 0 Å². The molecule has 50 heavy (non-hydrogen) atoms. The van der Waals surface area contributed by atoms with E-state index in [0.29, 0.717) is 6.61 Å². The average Bonchev–Trinajstić information content (AvgIpc) is 3.09. The van der Waals surface area contributed by atoms with Crippen molar-refractivity contribution in [3.8, 4) is 0 Å². The van der Waals surface area contributed by atoms with E-state index in [4.69, 9.17) is 13.1 Å². The summed E-state index contributed by atoms with van der Waals surface area (Å²) in [5, 5.41) is 0. The molecule has 0 saturated carbocycles. The van der Waals surface area contributed by atoms with E-state index < -0.39 is 21.5 Å². The minimum atomic E-state index is -3.88. The maximum atomic E-state index is 16.3. The molecule has 0 aromatic rings. The number of unbranched alkanes of at least 4 members (excludes halogenated alkanes) is 16. The van der Waals surface area contributed by atoms with Gasteiger partial charge >= 0.3 is 318 Å². The summed E-state index contributed by atoms with van der Waals surface area (Å²) < 4.78 is 38.8. The van der Waals surface area contributed by atoms with E-state index in [9.17, 15) is 0 Å². The fourth-order valence-corrected chi connectivity index (χ4v) is 27.8. The maximum absolute atomic E-state index is 16.3. The van der Waals surface area contributed by atoms with Crippen LogP contribution in [0.2, 0.25) is 0 Å². The molecule has 0 radical (unpaired) electrons. The van der Waals surface area contributed by atoms with E-state index in [1.54, 1.807) is 0 Å². The first-order chi connectivity index (χ1) is 24.1. The Balaban J connectivity index is 7.81. The number of hydrogen-bond acceptors (Lipinski definition) is 4.